The summed E-state index contributed by atoms with van der Waals surface area (Å²) in [4.78, 5) is 32.6. The molecule has 1 aromatic heterocycles. The number of carbonyl (C=O) groups is 2. The average Bonchev–Trinajstić information content (AvgIpc) is 3.32. The van der Waals surface area contributed by atoms with Gasteiger partial charge in [-0.3, -0.25) is 9.69 Å². The first kappa shape index (κ1) is 23.2. The van der Waals surface area contributed by atoms with E-state index in [0.717, 1.165) is 10.6 Å². The van der Waals surface area contributed by atoms with Crippen LogP contribution in [0.3, 0.4) is 0 Å². The van der Waals surface area contributed by atoms with Gasteiger partial charge in [-0.2, -0.15) is 5.26 Å². The Bertz CT molecular complexity index is 1360. The third-order valence-electron chi connectivity index (χ3n) is 4.75. The fourth-order valence-electron chi connectivity index (χ4n) is 3.18. The van der Waals surface area contributed by atoms with E-state index in [1.807, 2.05) is 54.6 Å². The summed E-state index contributed by atoms with van der Waals surface area (Å²) in [7, 11) is 0. The minimum absolute atomic E-state index is 0.0242. The highest BCUT2D eigenvalue weighted by Crippen LogP contribution is 2.33. The molecule has 0 unspecified atom stereocenters. The van der Waals surface area contributed by atoms with Gasteiger partial charge in [0.15, 0.2) is 5.13 Å². The number of para-hydroxylation sites is 1. The number of rotatable bonds is 7. The first-order valence-electron chi connectivity index (χ1n) is 10.3. The Morgan fingerprint density at radius 3 is 2.41 bits per heavy atom. The lowest BCUT2D eigenvalue weighted by molar-refractivity contribution is -0.115. The molecule has 168 valence electrons. The van der Waals surface area contributed by atoms with Gasteiger partial charge < -0.3 is 4.74 Å². The van der Waals surface area contributed by atoms with E-state index in [4.69, 9.17) is 4.74 Å². The van der Waals surface area contributed by atoms with Crippen molar-refractivity contribution in [2.45, 2.75) is 23.3 Å². The second-order valence-corrected chi connectivity index (χ2v) is 9.01. The topological polar surface area (TPSA) is 83.3 Å². The number of benzene rings is 3. The zero-order chi connectivity index (χ0) is 23.9. The SMILES string of the molecule is CC(=O)N(c1ccccc1)c1nc(COC(=O)c2ccccc2Sc2ccccc2C#N)cs1. The lowest BCUT2D eigenvalue weighted by atomic mass is 10.2. The number of carbonyl (C=O) groups excluding carboxylic acids is 2. The van der Waals surface area contributed by atoms with Crippen LogP contribution in [-0.4, -0.2) is 16.9 Å². The first-order chi connectivity index (χ1) is 16.6. The van der Waals surface area contributed by atoms with E-state index in [9.17, 15) is 14.9 Å². The van der Waals surface area contributed by atoms with Gasteiger partial charge in [-0.25, -0.2) is 9.78 Å². The molecule has 4 aromatic rings. The van der Waals surface area contributed by atoms with Gasteiger partial charge in [0.1, 0.15) is 12.7 Å². The van der Waals surface area contributed by atoms with Crippen LogP contribution in [0.4, 0.5) is 10.8 Å². The maximum absolute atomic E-state index is 12.9. The van der Waals surface area contributed by atoms with Crippen molar-refractivity contribution in [3.63, 3.8) is 0 Å². The summed E-state index contributed by atoms with van der Waals surface area (Å²) >= 11 is 2.65. The van der Waals surface area contributed by atoms with E-state index in [1.165, 1.54) is 34.9 Å². The van der Waals surface area contributed by atoms with Crippen molar-refractivity contribution in [2.75, 3.05) is 4.90 Å². The number of nitriles is 1. The number of amides is 1. The highest BCUT2D eigenvalue weighted by Gasteiger charge is 2.19. The smallest absolute Gasteiger partial charge is 0.339 e. The van der Waals surface area contributed by atoms with Crippen molar-refractivity contribution < 1.29 is 14.3 Å². The molecule has 0 bridgehead atoms. The summed E-state index contributed by atoms with van der Waals surface area (Å²) < 4.78 is 5.53. The second-order valence-electron chi connectivity index (χ2n) is 7.09. The number of ether oxygens (including phenoxy) is 1. The average molecular weight is 486 g/mol. The highest BCUT2D eigenvalue weighted by atomic mass is 32.2. The van der Waals surface area contributed by atoms with Crippen LogP contribution in [0.1, 0.15) is 28.5 Å². The quantitative estimate of drug-likeness (QED) is 0.290. The van der Waals surface area contributed by atoms with Crippen LogP contribution < -0.4 is 4.90 Å². The molecule has 6 nitrogen and oxygen atoms in total. The van der Waals surface area contributed by atoms with Crippen molar-refractivity contribution in [3.05, 3.63) is 101 Å². The van der Waals surface area contributed by atoms with E-state index >= 15 is 0 Å². The van der Waals surface area contributed by atoms with Crippen molar-refractivity contribution >= 4 is 45.8 Å². The van der Waals surface area contributed by atoms with Crippen LogP contribution in [0.25, 0.3) is 0 Å². The highest BCUT2D eigenvalue weighted by molar-refractivity contribution is 7.99. The lowest BCUT2D eigenvalue weighted by Gasteiger charge is -2.17. The maximum atomic E-state index is 12.9. The number of aromatic nitrogens is 1. The minimum atomic E-state index is -0.487. The molecular formula is C26H19N3O3S2. The van der Waals surface area contributed by atoms with Gasteiger partial charge in [0.25, 0.3) is 0 Å². The molecule has 4 rings (SSSR count). The Kier molecular flexibility index (Phi) is 7.38. The van der Waals surface area contributed by atoms with Gasteiger partial charge in [-0.05, 0) is 36.4 Å². The summed E-state index contributed by atoms with van der Waals surface area (Å²) in [5.41, 5.74) is 2.22. The molecule has 3 aromatic carbocycles. The summed E-state index contributed by atoms with van der Waals surface area (Å²) in [6.45, 7) is 1.46. The molecule has 0 fully saturated rings. The standard InChI is InChI=1S/C26H19N3O3S2/c1-18(30)29(21-10-3-2-4-11-21)26-28-20(17-33-26)16-32-25(31)22-12-6-8-14-24(22)34-23-13-7-5-9-19(23)15-27/h2-14,17H,16H2,1H3. The Morgan fingerprint density at radius 2 is 1.68 bits per heavy atom. The number of esters is 1. The monoisotopic (exact) mass is 485 g/mol. The van der Waals surface area contributed by atoms with Crippen LogP contribution in [0.5, 0.6) is 0 Å². The van der Waals surface area contributed by atoms with E-state index in [-0.39, 0.29) is 12.5 Å². The van der Waals surface area contributed by atoms with Crippen molar-refractivity contribution in [3.8, 4) is 6.07 Å². The molecule has 0 saturated heterocycles. The Morgan fingerprint density at radius 1 is 1.00 bits per heavy atom. The summed E-state index contributed by atoms with van der Waals surface area (Å²) in [5.74, 6) is -0.647. The molecule has 1 amide bonds. The molecule has 0 aliphatic rings. The molecule has 0 atom stereocenters. The fourth-order valence-corrected chi connectivity index (χ4v) is 5.06. The van der Waals surface area contributed by atoms with Gasteiger partial charge in [-0.1, -0.05) is 54.2 Å². The maximum Gasteiger partial charge on any atom is 0.339 e. The molecule has 34 heavy (non-hydrogen) atoms. The van der Waals surface area contributed by atoms with Gasteiger partial charge in [-0.15, -0.1) is 11.3 Å². The normalized spacial score (nSPS) is 10.4. The van der Waals surface area contributed by atoms with Crippen LogP contribution in [-0.2, 0) is 16.1 Å². The van der Waals surface area contributed by atoms with Gasteiger partial charge in [0.05, 0.1) is 22.5 Å². The predicted octanol–water partition coefficient (Wildman–Crippen LogP) is 6.21. The molecule has 0 aliphatic heterocycles. The van der Waals surface area contributed by atoms with Crippen LogP contribution in [0.15, 0.2) is 94.0 Å². The summed E-state index contributed by atoms with van der Waals surface area (Å²) in [6.07, 6.45) is 0. The number of hydrogen-bond donors (Lipinski definition) is 0. The minimum Gasteiger partial charge on any atom is -0.456 e. The zero-order valence-electron chi connectivity index (χ0n) is 18.2. The summed E-state index contributed by atoms with van der Waals surface area (Å²) in [5, 5.41) is 11.6. The molecular weight excluding hydrogens is 466 g/mol. The molecule has 0 saturated carbocycles. The van der Waals surface area contributed by atoms with E-state index < -0.39 is 5.97 Å². The molecule has 1 heterocycles. The zero-order valence-corrected chi connectivity index (χ0v) is 19.8. The molecule has 0 aliphatic carbocycles. The van der Waals surface area contributed by atoms with Crippen LogP contribution >= 0.6 is 23.1 Å². The van der Waals surface area contributed by atoms with Crippen LogP contribution in [0.2, 0.25) is 0 Å². The van der Waals surface area contributed by atoms with E-state index in [1.54, 1.807) is 29.6 Å². The van der Waals surface area contributed by atoms with E-state index in [0.29, 0.717) is 26.8 Å². The van der Waals surface area contributed by atoms with Crippen LogP contribution in [0, 0.1) is 11.3 Å². The summed E-state index contributed by atoms with van der Waals surface area (Å²) in [6, 6.07) is 25.8. The Labute approximate surface area is 205 Å². The molecule has 0 radical (unpaired) electrons. The number of nitrogens with zero attached hydrogens (tertiary/aromatic N) is 3. The Balaban J connectivity index is 1.48. The molecule has 0 spiro atoms. The van der Waals surface area contributed by atoms with E-state index in [2.05, 4.69) is 11.1 Å². The third-order valence-corrected chi connectivity index (χ3v) is 6.77. The van der Waals surface area contributed by atoms with Gasteiger partial charge in [0.2, 0.25) is 5.91 Å². The first-order valence-corrected chi connectivity index (χ1v) is 12.0. The molecule has 0 N–H and O–H groups in total. The van der Waals surface area contributed by atoms with Crippen molar-refractivity contribution in [1.29, 1.82) is 5.26 Å². The number of hydrogen-bond acceptors (Lipinski definition) is 7. The van der Waals surface area contributed by atoms with Gasteiger partial charge >= 0.3 is 5.97 Å². The lowest BCUT2D eigenvalue weighted by Crippen LogP contribution is -2.22. The number of thiazole rings is 1. The third kappa shape index (κ3) is 5.34. The second kappa shape index (κ2) is 10.8. The van der Waals surface area contributed by atoms with Crippen molar-refractivity contribution in [1.82, 2.24) is 4.98 Å². The largest absolute Gasteiger partial charge is 0.456 e. The predicted molar refractivity (Wildman–Crippen MR) is 132 cm³/mol. The van der Waals surface area contributed by atoms with Gasteiger partial charge in [0, 0.05) is 22.1 Å². The Hall–Kier alpha value is -3.93. The molecule has 8 heteroatoms. The fraction of sp³-hybridized carbons (Fsp3) is 0.0769. The van der Waals surface area contributed by atoms with Crippen molar-refractivity contribution in [2.24, 2.45) is 0 Å². The number of anilines is 2.